The highest BCUT2D eigenvalue weighted by Gasteiger charge is 2.30. The zero-order chi connectivity index (χ0) is 23.3. The number of rotatable bonds is 9. The number of benzene rings is 3. The van der Waals surface area contributed by atoms with Crippen LogP contribution in [-0.2, 0) is 22.9 Å². The van der Waals surface area contributed by atoms with E-state index in [1.807, 2.05) is 53.4 Å². The number of sulfonamides is 1. The fourth-order valence-electron chi connectivity index (χ4n) is 4.06. The molecule has 1 aliphatic heterocycles. The summed E-state index contributed by atoms with van der Waals surface area (Å²) in [6.45, 7) is 0.922. The minimum absolute atomic E-state index is 0.0193. The maximum Gasteiger partial charge on any atom is 0.240 e. The Morgan fingerprint density at radius 2 is 1.58 bits per heavy atom. The molecule has 0 amide bonds. The van der Waals surface area contributed by atoms with Crippen molar-refractivity contribution in [1.29, 1.82) is 0 Å². The summed E-state index contributed by atoms with van der Waals surface area (Å²) < 4.78 is 42.2. The number of nitrogens with zero attached hydrogens (tertiary/aromatic N) is 2. The van der Waals surface area contributed by atoms with Crippen molar-refractivity contribution in [2.75, 3.05) is 13.1 Å². The second-order valence-corrected chi connectivity index (χ2v) is 9.87. The summed E-state index contributed by atoms with van der Waals surface area (Å²) in [7, 11) is -3.86. The lowest BCUT2D eigenvalue weighted by Gasteiger charge is -2.31. The van der Waals surface area contributed by atoms with Crippen LogP contribution < -0.4 is 10.5 Å². The summed E-state index contributed by atoms with van der Waals surface area (Å²) in [4.78, 5) is 6.42. The van der Waals surface area contributed by atoms with E-state index in [1.54, 1.807) is 0 Å². The minimum Gasteiger partial charge on any atom is -0.370 e. The van der Waals surface area contributed by atoms with E-state index in [4.69, 9.17) is 5.73 Å². The van der Waals surface area contributed by atoms with Crippen molar-refractivity contribution in [3.63, 3.8) is 0 Å². The summed E-state index contributed by atoms with van der Waals surface area (Å²) in [5, 5.41) is 0. The molecule has 3 aromatic rings. The Hall–Kier alpha value is -3.23. The first-order valence-electron chi connectivity index (χ1n) is 10.8. The van der Waals surface area contributed by atoms with E-state index in [0.717, 1.165) is 24.1 Å². The third-order valence-electron chi connectivity index (χ3n) is 5.70. The summed E-state index contributed by atoms with van der Waals surface area (Å²) in [5.74, 6) is -0.0745. The summed E-state index contributed by atoms with van der Waals surface area (Å²) >= 11 is 0. The molecular weight excluding hydrogens is 439 g/mol. The molecule has 0 unspecified atom stereocenters. The van der Waals surface area contributed by atoms with Crippen LogP contribution in [0.3, 0.4) is 0 Å². The van der Waals surface area contributed by atoms with Gasteiger partial charge in [0.1, 0.15) is 5.82 Å². The number of nitrogens with two attached hydrogens (primary N) is 1. The van der Waals surface area contributed by atoms with Gasteiger partial charge in [0.25, 0.3) is 0 Å². The van der Waals surface area contributed by atoms with Gasteiger partial charge < -0.3 is 10.6 Å². The van der Waals surface area contributed by atoms with Gasteiger partial charge in [0.2, 0.25) is 10.0 Å². The molecule has 1 heterocycles. The summed E-state index contributed by atoms with van der Waals surface area (Å²) in [6, 6.07) is 24.2. The molecule has 0 fully saturated rings. The van der Waals surface area contributed by atoms with Gasteiger partial charge in [0, 0.05) is 12.6 Å². The molecule has 0 spiro atoms. The van der Waals surface area contributed by atoms with Gasteiger partial charge in [-0.25, -0.2) is 17.5 Å². The van der Waals surface area contributed by atoms with Crippen LogP contribution in [-0.4, -0.2) is 44.5 Å². The fourth-order valence-corrected chi connectivity index (χ4v) is 5.29. The lowest BCUT2D eigenvalue weighted by atomic mass is 10.0. The number of guanidine groups is 1. The number of aliphatic imine (C=N–C) groups is 1. The summed E-state index contributed by atoms with van der Waals surface area (Å²) in [6.07, 6.45) is 1.23. The van der Waals surface area contributed by atoms with E-state index < -0.39 is 21.9 Å². The number of halogens is 1. The molecule has 4 rings (SSSR count). The molecule has 0 radical (unpaired) electrons. The van der Waals surface area contributed by atoms with Gasteiger partial charge in [-0.2, -0.15) is 0 Å². The van der Waals surface area contributed by atoms with E-state index in [1.165, 1.54) is 17.7 Å². The van der Waals surface area contributed by atoms with Gasteiger partial charge in [0.15, 0.2) is 5.96 Å². The zero-order valence-electron chi connectivity index (χ0n) is 18.1. The molecule has 8 heteroatoms. The minimum atomic E-state index is -3.86. The molecular formula is C25H27FN4O2S. The standard InChI is InChI=1S/C25H27FN4O2S/c26-21-11-13-24(14-12-21)33(31,32)29-22(15-19-7-3-1-4-8-19)18-30-23(17-28-25(30)27)16-20-9-5-2-6-10-20/h1-14,22-23,29H,15-18H2,(H2,27,28)/t22-,23-/m0/s1. The van der Waals surface area contributed by atoms with Gasteiger partial charge in [-0.05, 0) is 48.2 Å². The lowest BCUT2D eigenvalue weighted by Crippen LogP contribution is -2.51. The second-order valence-electron chi connectivity index (χ2n) is 8.16. The van der Waals surface area contributed by atoms with E-state index in [-0.39, 0.29) is 10.9 Å². The molecule has 33 heavy (non-hydrogen) atoms. The maximum atomic E-state index is 13.3. The van der Waals surface area contributed by atoms with Crippen molar-refractivity contribution in [3.05, 3.63) is 102 Å². The topological polar surface area (TPSA) is 87.8 Å². The van der Waals surface area contributed by atoms with Crippen molar-refractivity contribution < 1.29 is 12.8 Å². The van der Waals surface area contributed by atoms with E-state index >= 15 is 0 Å². The van der Waals surface area contributed by atoms with Crippen LogP contribution in [0.5, 0.6) is 0 Å². The third-order valence-corrected chi connectivity index (χ3v) is 7.24. The lowest BCUT2D eigenvalue weighted by molar-refractivity contribution is 0.307. The van der Waals surface area contributed by atoms with Crippen molar-refractivity contribution in [1.82, 2.24) is 9.62 Å². The van der Waals surface area contributed by atoms with Crippen LogP contribution in [0.15, 0.2) is 94.8 Å². The zero-order valence-corrected chi connectivity index (χ0v) is 19.0. The van der Waals surface area contributed by atoms with E-state index in [9.17, 15) is 12.8 Å². The number of nitrogens with one attached hydrogen (secondary N) is 1. The highest BCUT2D eigenvalue weighted by molar-refractivity contribution is 7.89. The molecule has 3 aromatic carbocycles. The predicted molar refractivity (Wildman–Crippen MR) is 128 cm³/mol. The van der Waals surface area contributed by atoms with Gasteiger partial charge in [-0.15, -0.1) is 0 Å². The second kappa shape index (κ2) is 10.1. The third kappa shape index (κ3) is 5.97. The van der Waals surface area contributed by atoms with Gasteiger partial charge in [0.05, 0.1) is 17.5 Å². The molecule has 0 aliphatic carbocycles. The molecule has 0 saturated heterocycles. The van der Waals surface area contributed by atoms with Crippen LogP contribution in [0.4, 0.5) is 4.39 Å². The number of hydrogen-bond acceptors (Lipinski definition) is 5. The van der Waals surface area contributed by atoms with E-state index in [2.05, 4.69) is 21.8 Å². The van der Waals surface area contributed by atoms with E-state index in [0.29, 0.717) is 25.5 Å². The van der Waals surface area contributed by atoms with Crippen molar-refractivity contribution in [3.8, 4) is 0 Å². The van der Waals surface area contributed by atoms with Crippen molar-refractivity contribution >= 4 is 16.0 Å². The number of hydrogen-bond donors (Lipinski definition) is 2. The fraction of sp³-hybridized carbons (Fsp3) is 0.240. The SMILES string of the molecule is NC1=NC[C@H](Cc2ccccc2)N1C[C@H](Cc1ccccc1)NS(=O)(=O)c1ccc(F)cc1. The Bertz CT molecular complexity index is 1190. The normalized spacial score (nSPS) is 17.1. The predicted octanol–water partition coefficient (Wildman–Crippen LogP) is 2.96. The molecule has 6 nitrogen and oxygen atoms in total. The first-order valence-corrected chi connectivity index (χ1v) is 12.3. The smallest absolute Gasteiger partial charge is 0.240 e. The largest absolute Gasteiger partial charge is 0.370 e. The highest BCUT2D eigenvalue weighted by atomic mass is 32.2. The van der Waals surface area contributed by atoms with Crippen LogP contribution in [0.25, 0.3) is 0 Å². The van der Waals surface area contributed by atoms with Gasteiger partial charge in [-0.3, -0.25) is 4.99 Å². The van der Waals surface area contributed by atoms with Crippen LogP contribution in [0.2, 0.25) is 0 Å². The van der Waals surface area contributed by atoms with Crippen LogP contribution in [0, 0.1) is 5.82 Å². The Morgan fingerprint density at radius 3 is 2.21 bits per heavy atom. The van der Waals surface area contributed by atoms with Crippen LogP contribution >= 0.6 is 0 Å². The highest BCUT2D eigenvalue weighted by Crippen LogP contribution is 2.18. The van der Waals surface area contributed by atoms with Gasteiger partial charge >= 0.3 is 0 Å². The Balaban J connectivity index is 1.56. The van der Waals surface area contributed by atoms with Crippen LogP contribution in [0.1, 0.15) is 11.1 Å². The molecule has 172 valence electrons. The molecule has 0 bridgehead atoms. The van der Waals surface area contributed by atoms with Gasteiger partial charge in [-0.1, -0.05) is 60.7 Å². The average Bonchev–Trinajstić information content (AvgIpc) is 3.14. The Kier molecular flexibility index (Phi) is 7.05. The average molecular weight is 467 g/mol. The molecule has 0 aromatic heterocycles. The molecule has 2 atom stereocenters. The monoisotopic (exact) mass is 466 g/mol. The Morgan fingerprint density at radius 1 is 0.970 bits per heavy atom. The first-order chi connectivity index (χ1) is 15.9. The van der Waals surface area contributed by atoms with Crippen molar-refractivity contribution in [2.24, 2.45) is 10.7 Å². The molecule has 0 saturated carbocycles. The molecule has 3 N–H and O–H groups in total. The quantitative estimate of drug-likeness (QED) is 0.508. The first kappa shape index (κ1) is 22.9. The summed E-state index contributed by atoms with van der Waals surface area (Å²) in [5.41, 5.74) is 8.38. The van der Waals surface area contributed by atoms with Crippen molar-refractivity contribution in [2.45, 2.75) is 29.8 Å². The maximum absolute atomic E-state index is 13.3. The Labute approximate surface area is 194 Å². The molecule has 1 aliphatic rings.